The summed E-state index contributed by atoms with van der Waals surface area (Å²) in [6.45, 7) is 6.03. The van der Waals surface area contributed by atoms with Crippen LogP contribution in [0.5, 0.6) is 11.5 Å². The highest BCUT2D eigenvalue weighted by molar-refractivity contribution is 9.10. The van der Waals surface area contributed by atoms with Crippen LogP contribution in [0.4, 0.5) is 0 Å². The average Bonchev–Trinajstić information content (AvgIpc) is 2.73. The molecular weight excluding hydrogens is 434 g/mol. The Kier molecular flexibility index (Phi) is 6.69. The fourth-order valence-corrected chi connectivity index (χ4v) is 3.19. The Morgan fingerprint density at radius 1 is 1.21 bits per heavy atom. The molecular formula is C22H24BrN3O3. The van der Waals surface area contributed by atoms with E-state index in [0.29, 0.717) is 34.6 Å². The molecule has 0 N–H and O–H groups in total. The Hall–Kier alpha value is -2.67. The highest BCUT2D eigenvalue weighted by Crippen LogP contribution is 2.29. The zero-order valence-corrected chi connectivity index (χ0v) is 18.6. The molecule has 0 spiro atoms. The molecule has 0 aliphatic carbocycles. The highest BCUT2D eigenvalue weighted by atomic mass is 79.9. The van der Waals surface area contributed by atoms with E-state index >= 15 is 0 Å². The van der Waals surface area contributed by atoms with Gasteiger partial charge in [0.25, 0.3) is 5.56 Å². The first-order valence-corrected chi connectivity index (χ1v) is 10.4. The summed E-state index contributed by atoms with van der Waals surface area (Å²) in [4.78, 5) is 17.5. The maximum absolute atomic E-state index is 13.0. The second kappa shape index (κ2) is 9.22. The van der Waals surface area contributed by atoms with E-state index in [-0.39, 0.29) is 11.7 Å². The summed E-state index contributed by atoms with van der Waals surface area (Å²) in [7, 11) is 1.60. The normalized spacial score (nSPS) is 12.4. The van der Waals surface area contributed by atoms with Crippen LogP contribution < -0.4 is 15.0 Å². The Morgan fingerprint density at radius 2 is 2.00 bits per heavy atom. The van der Waals surface area contributed by atoms with Crippen LogP contribution >= 0.6 is 15.9 Å². The monoisotopic (exact) mass is 457 g/mol. The van der Waals surface area contributed by atoms with E-state index < -0.39 is 0 Å². The molecule has 0 amide bonds. The average molecular weight is 458 g/mol. The smallest absolute Gasteiger partial charge is 0.282 e. The molecule has 0 unspecified atom stereocenters. The minimum atomic E-state index is -0.201. The fourth-order valence-electron chi connectivity index (χ4n) is 2.83. The first-order valence-electron chi connectivity index (χ1n) is 9.57. The van der Waals surface area contributed by atoms with Gasteiger partial charge in [0.05, 0.1) is 30.3 Å². The molecule has 6 nitrogen and oxygen atoms in total. The number of methoxy groups -OCH3 is 1. The number of aryl methyl sites for hydroxylation is 1. The Balaban J connectivity index is 2.00. The number of hydrogen-bond donors (Lipinski definition) is 0. The van der Waals surface area contributed by atoms with E-state index in [2.05, 4.69) is 32.9 Å². The lowest BCUT2D eigenvalue weighted by Crippen LogP contribution is -2.22. The van der Waals surface area contributed by atoms with Crippen LogP contribution in [-0.4, -0.2) is 29.1 Å². The van der Waals surface area contributed by atoms with Crippen LogP contribution in [-0.2, 0) is 6.42 Å². The zero-order chi connectivity index (χ0) is 21.0. The van der Waals surface area contributed by atoms with E-state index in [1.807, 2.05) is 44.2 Å². The third-order valence-electron chi connectivity index (χ3n) is 4.60. The predicted octanol–water partition coefficient (Wildman–Crippen LogP) is 4.79. The number of halogens is 1. The first-order chi connectivity index (χ1) is 14.0. The van der Waals surface area contributed by atoms with E-state index in [9.17, 15) is 4.79 Å². The van der Waals surface area contributed by atoms with Crippen molar-refractivity contribution in [3.8, 4) is 11.5 Å². The van der Waals surface area contributed by atoms with Gasteiger partial charge in [-0.05, 0) is 55.3 Å². The molecule has 0 saturated heterocycles. The second-order valence-electron chi connectivity index (χ2n) is 6.65. The highest BCUT2D eigenvalue weighted by Gasteiger charge is 2.11. The Morgan fingerprint density at radius 3 is 2.69 bits per heavy atom. The molecule has 7 heteroatoms. The van der Waals surface area contributed by atoms with Gasteiger partial charge in [-0.25, -0.2) is 4.98 Å². The molecule has 0 bridgehead atoms. The van der Waals surface area contributed by atoms with Gasteiger partial charge in [-0.3, -0.25) is 4.79 Å². The van der Waals surface area contributed by atoms with E-state index in [1.165, 1.54) is 4.68 Å². The van der Waals surface area contributed by atoms with Crippen LogP contribution in [0.2, 0.25) is 0 Å². The number of hydrogen-bond acceptors (Lipinski definition) is 5. The maximum Gasteiger partial charge on any atom is 0.282 e. The van der Waals surface area contributed by atoms with Crippen LogP contribution in [0.25, 0.3) is 10.9 Å². The minimum absolute atomic E-state index is 0.0945. The van der Waals surface area contributed by atoms with Gasteiger partial charge in [0.2, 0.25) is 0 Å². The van der Waals surface area contributed by atoms with Gasteiger partial charge in [-0.15, -0.1) is 0 Å². The van der Waals surface area contributed by atoms with Crippen molar-refractivity contribution >= 4 is 33.0 Å². The molecule has 1 aromatic heterocycles. The van der Waals surface area contributed by atoms with E-state index in [4.69, 9.17) is 9.47 Å². The largest absolute Gasteiger partial charge is 0.493 e. The van der Waals surface area contributed by atoms with Gasteiger partial charge in [-0.1, -0.05) is 29.8 Å². The molecule has 1 heterocycles. The van der Waals surface area contributed by atoms with Gasteiger partial charge in [0.15, 0.2) is 11.5 Å². The minimum Gasteiger partial charge on any atom is -0.493 e. The topological polar surface area (TPSA) is 65.7 Å². The van der Waals surface area contributed by atoms with Crippen LogP contribution in [0.15, 0.2) is 50.8 Å². The quantitative estimate of drug-likeness (QED) is 0.478. The SMILES string of the molecule is CCc1nc2ccc(Br)cc2c(=O)n1N=Cc1ccc(O[C@H](C)CC)c(OC)c1. The van der Waals surface area contributed by atoms with Gasteiger partial charge in [0, 0.05) is 10.9 Å². The molecule has 152 valence electrons. The molecule has 0 aliphatic rings. The number of nitrogens with zero attached hydrogens (tertiary/aromatic N) is 3. The summed E-state index contributed by atoms with van der Waals surface area (Å²) in [6.07, 6.45) is 3.21. The number of ether oxygens (including phenoxy) is 2. The molecule has 29 heavy (non-hydrogen) atoms. The van der Waals surface area contributed by atoms with Crippen molar-refractivity contribution in [3.05, 3.63) is 62.6 Å². The van der Waals surface area contributed by atoms with Crippen molar-refractivity contribution in [1.29, 1.82) is 0 Å². The number of benzene rings is 2. The summed E-state index contributed by atoms with van der Waals surface area (Å²) in [5.41, 5.74) is 1.25. The van der Waals surface area contributed by atoms with E-state index in [1.54, 1.807) is 19.4 Å². The Labute approximate surface area is 178 Å². The zero-order valence-electron chi connectivity index (χ0n) is 17.0. The number of fused-ring (bicyclic) bond motifs is 1. The molecule has 3 rings (SSSR count). The van der Waals surface area contributed by atoms with Crippen molar-refractivity contribution < 1.29 is 9.47 Å². The van der Waals surface area contributed by atoms with Gasteiger partial charge in [-0.2, -0.15) is 9.78 Å². The fraction of sp³-hybridized carbons (Fsp3) is 0.318. The summed E-state index contributed by atoms with van der Waals surface area (Å²) in [5.74, 6) is 1.91. The molecule has 1 atom stereocenters. The third-order valence-corrected chi connectivity index (χ3v) is 5.10. The standard InChI is InChI=1S/C22H24BrN3O3/c1-5-14(3)29-19-10-7-15(11-20(19)28-4)13-24-26-21(6-2)25-18-9-8-16(23)12-17(18)22(26)27/h7-14H,5-6H2,1-4H3/t14-/m1/s1. The van der Waals surface area contributed by atoms with Crippen molar-refractivity contribution in [2.45, 2.75) is 39.7 Å². The van der Waals surface area contributed by atoms with Crippen LogP contribution in [0, 0.1) is 0 Å². The molecule has 3 aromatic rings. The van der Waals surface area contributed by atoms with Crippen LogP contribution in [0.1, 0.15) is 38.6 Å². The lowest BCUT2D eigenvalue weighted by molar-refractivity contribution is 0.207. The predicted molar refractivity (Wildman–Crippen MR) is 119 cm³/mol. The molecule has 0 radical (unpaired) electrons. The van der Waals surface area contributed by atoms with Gasteiger partial charge in [0.1, 0.15) is 5.82 Å². The summed E-state index contributed by atoms with van der Waals surface area (Å²) in [6, 6.07) is 11.0. The van der Waals surface area contributed by atoms with Crippen molar-refractivity contribution in [1.82, 2.24) is 9.66 Å². The molecule has 2 aromatic carbocycles. The molecule has 0 aliphatic heterocycles. The first kappa shape index (κ1) is 21.0. The summed E-state index contributed by atoms with van der Waals surface area (Å²) in [5, 5.41) is 4.93. The Bertz CT molecular complexity index is 1110. The molecule has 0 fully saturated rings. The summed E-state index contributed by atoms with van der Waals surface area (Å²) < 4.78 is 13.5. The third kappa shape index (κ3) is 4.67. The second-order valence-corrected chi connectivity index (χ2v) is 7.57. The van der Waals surface area contributed by atoms with Crippen molar-refractivity contribution in [2.24, 2.45) is 5.10 Å². The lowest BCUT2D eigenvalue weighted by atomic mass is 10.2. The van der Waals surface area contributed by atoms with Crippen molar-refractivity contribution in [3.63, 3.8) is 0 Å². The number of rotatable bonds is 7. The lowest BCUT2D eigenvalue weighted by Gasteiger charge is -2.15. The van der Waals surface area contributed by atoms with Gasteiger partial charge >= 0.3 is 0 Å². The summed E-state index contributed by atoms with van der Waals surface area (Å²) >= 11 is 3.41. The van der Waals surface area contributed by atoms with E-state index in [0.717, 1.165) is 16.5 Å². The molecule has 0 saturated carbocycles. The van der Waals surface area contributed by atoms with Gasteiger partial charge < -0.3 is 9.47 Å². The number of aromatic nitrogens is 2. The van der Waals surface area contributed by atoms with Crippen molar-refractivity contribution in [2.75, 3.05) is 7.11 Å². The van der Waals surface area contributed by atoms with Crippen LogP contribution in [0.3, 0.4) is 0 Å². The maximum atomic E-state index is 13.0.